The number of benzene rings is 2. The summed E-state index contributed by atoms with van der Waals surface area (Å²) in [7, 11) is 0. The molecule has 0 saturated carbocycles. The van der Waals surface area contributed by atoms with Crippen molar-refractivity contribution in [3.05, 3.63) is 63.4 Å². The van der Waals surface area contributed by atoms with Crippen molar-refractivity contribution in [3.8, 4) is 0 Å². The third-order valence-electron chi connectivity index (χ3n) is 2.81. The molecule has 0 saturated heterocycles. The normalized spacial score (nSPS) is 10.3. The first-order valence-corrected chi connectivity index (χ1v) is 6.84. The maximum atomic E-state index is 13.2. The lowest BCUT2D eigenvalue weighted by atomic mass is 10.1. The van der Waals surface area contributed by atoms with Gasteiger partial charge in [0.15, 0.2) is 0 Å². The van der Waals surface area contributed by atoms with Gasteiger partial charge >= 0.3 is 0 Å². The molecule has 0 atom stereocenters. The van der Waals surface area contributed by atoms with Crippen molar-refractivity contribution in [2.75, 3.05) is 5.73 Å². The number of nitrogens with two attached hydrogens (primary N) is 1. The first kappa shape index (κ1) is 14.5. The number of nitrogen functional groups attached to an aromatic ring is 1. The molecule has 3 N–H and O–H groups in total. The number of anilines is 1. The van der Waals surface area contributed by atoms with Gasteiger partial charge < -0.3 is 11.1 Å². The van der Waals surface area contributed by atoms with Crippen LogP contribution in [0.4, 0.5) is 10.1 Å². The van der Waals surface area contributed by atoms with Crippen molar-refractivity contribution >= 4 is 27.5 Å². The van der Waals surface area contributed by atoms with Gasteiger partial charge in [-0.2, -0.15) is 0 Å². The molecule has 0 unspecified atom stereocenters. The summed E-state index contributed by atoms with van der Waals surface area (Å²) in [5.74, 6) is -0.575. The predicted octanol–water partition coefficient (Wildman–Crippen LogP) is 3.41. The van der Waals surface area contributed by atoms with E-state index in [0.29, 0.717) is 16.8 Å². The van der Waals surface area contributed by atoms with E-state index in [-0.39, 0.29) is 18.3 Å². The number of hydrogen-bond donors (Lipinski definition) is 2. The van der Waals surface area contributed by atoms with Gasteiger partial charge in [-0.05, 0) is 54.4 Å². The highest BCUT2D eigenvalue weighted by atomic mass is 79.9. The Bertz CT molecular complexity index is 638. The van der Waals surface area contributed by atoms with Gasteiger partial charge in [0.25, 0.3) is 5.91 Å². The molecule has 0 aromatic heterocycles. The van der Waals surface area contributed by atoms with Gasteiger partial charge in [0, 0.05) is 22.3 Å². The van der Waals surface area contributed by atoms with Crippen LogP contribution in [0.3, 0.4) is 0 Å². The molecule has 20 heavy (non-hydrogen) atoms. The van der Waals surface area contributed by atoms with Crippen LogP contribution in [0, 0.1) is 12.7 Å². The van der Waals surface area contributed by atoms with E-state index in [4.69, 9.17) is 5.73 Å². The van der Waals surface area contributed by atoms with Crippen LogP contribution >= 0.6 is 15.9 Å². The average Bonchev–Trinajstić information content (AvgIpc) is 2.38. The molecule has 0 aliphatic carbocycles. The van der Waals surface area contributed by atoms with E-state index in [1.54, 1.807) is 24.3 Å². The fourth-order valence-electron chi connectivity index (χ4n) is 1.90. The summed E-state index contributed by atoms with van der Waals surface area (Å²) in [6.07, 6.45) is 0. The van der Waals surface area contributed by atoms with Gasteiger partial charge in [-0.15, -0.1) is 0 Å². The molecule has 1 amide bonds. The zero-order chi connectivity index (χ0) is 14.7. The van der Waals surface area contributed by atoms with Gasteiger partial charge in [0.2, 0.25) is 0 Å². The predicted molar refractivity (Wildman–Crippen MR) is 80.9 cm³/mol. The van der Waals surface area contributed by atoms with E-state index in [0.717, 1.165) is 10.0 Å². The van der Waals surface area contributed by atoms with Crippen LogP contribution in [0.1, 0.15) is 21.5 Å². The fraction of sp³-hybridized carbons (Fsp3) is 0.133. The van der Waals surface area contributed by atoms with E-state index >= 15 is 0 Å². The quantitative estimate of drug-likeness (QED) is 0.844. The second kappa shape index (κ2) is 6.05. The smallest absolute Gasteiger partial charge is 0.251 e. The van der Waals surface area contributed by atoms with Crippen molar-refractivity contribution < 1.29 is 9.18 Å². The summed E-state index contributed by atoms with van der Waals surface area (Å²) in [4.78, 5) is 12.0. The number of hydrogen-bond acceptors (Lipinski definition) is 2. The number of halogens is 2. The molecule has 0 radical (unpaired) electrons. The molecule has 0 bridgehead atoms. The minimum absolute atomic E-state index is 0.239. The second-order valence-electron chi connectivity index (χ2n) is 4.55. The summed E-state index contributed by atoms with van der Waals surface area (Å²) in [6, 6.07) is 9.52. The van der Waals surface area contributed by atoms with Crippen LogP contribution in [-0.4, -0.2) is 5.91 Å². The van der Waals surface area contributed by atoms with Crippen molar-refractivity contribution in [1.29, 1.82) is 0 Å². The molecule has 2 rings (SSSR count). The standard InChI is InChI=1S/C15H14BrFN2O/c1-9-4-10(7-13(18)5-9)15(20)19-8-11-6-12(17)2-3-14(11)16/h2-7H,8,18H2,1H3,(H,19,20). The number of rotatable bonds is 3. The molecule has 0 heterocycles. The molecule has 2 aromatic rings. The SMILES string of the molecule is Cc1cc(N)cc(C(=O)NCc2cc(F)ccc2Br)c1. The Labute approximate surface area is 125 Å². The van der Waals surface area contributed by atoms with Crippen molar-refractivity contribution in [3.63, 3.8) is 0 Å². The summed E-state index contributed by atoms with van der Waals surface area (Å²) >= 11 is 3.32. The zero-order valence-electron chi connectivity index (χ0n) is 10.9. The third-order valence-corrected chi connectivity index (χ3v) is 3.58. The van der Waals surface area contributed by atoms with E-state index in [1.807, 2.05) is 6.92 Å². The third kappa shape index (κ3) is 3.57. The molecule has 0 aliphatic heterocycles. The van der Waals surface area contributed by atoms with Crippen LogP contribution in [0.5, 0.6) is 0 Å². The molecular formula is C15H14BrFN2O. The first-order valence-electron chi connectivity index (χ1n) is 6.05. The Balaban J connectivity index is 2.10. The fourth-order valence-corrected chi connectivity index (χ4v) is 2.29. The number of nitrogens with one attached hydrogen (secondary N) is 1. The molecule has 104 valence electrons. The van der Waals surface area contributed by atoms with Gasteiger partial charge in [-0.25, -0.2) is 4.39 Å². The number of aryl methyl sites for hydroxylation is 1. The van der Waals surface area contributed by atoms with Crippen molar-refractivity contribution in [2.24, 2.45) is 0 Å². The van der Waals surface area contributed by atoms with Gasteiger partial charge in [-0.3, -0.25) is 4.79 Å². The highest BCUT2D eigenvalue weighted by Crippen LogP contribution is 2.18. The maximum Gasteiger partial charge on any atom is 0.251 e. The molecule has 0 aliphatic rings. The topological polar surface area (TPSA) is 55.1 Å². The molecule has 2 aromatic carbocycles. The minimum atomic E-state index is -0.336. The lowest BCUT2D eigenvalue weighted by Gasteiger charge is -2.08. The van der Waals surface area contributed by atoms with Gasteiger partial charge in [0.1, 0.15) is 5.82 Å². The first-order chi connectivity index (χ1) is 9.45. The number of carbonyl (C=O) groups is 1. The lowest BCUT2D eigenvalue weighted by molar-refractivity contribution is 0.0950. The zero-order valence-corrected chi connectivity index (χ0v) is 12.5. The summed E-state index contributed by atoms with van der Waals surface area (Å²) < 4.78 is 13.9. The number of carbonyl (C=O) groups excluding carboxylic acids is 1. The van der Waals surface area contributed by atoms with Crippen LogP contribution in [0.25, 0.3) is 0 Å². The summed E-state index contributed by atoms with van der Waals surface area (Å²) in [6.45, 7) is 2.11. The molecule has 3 nitrogen and oxygen atoms in total. The number of amides is 1. The van der Waals surface area contributed by atoms with Crippen molar-refractivity contribution in [1.82, 2.24) is 5.32 Å². The second-order valence-corrected chi connectivity index (χ2v) is 5.41. The van der Waals surface area contributed by atoms with E-state index < -0.39 is 0 Å². The largest absolute Gasteiger partial charge is 0.399 e. The van der Waals surface area contributed by atoms with E-state index in [9.17, 15) is 9.18 Å². The van der Waals surface area contributed by atoms with Crippen molar-refractivity contribution in [2.45, 2.75) is 13.5 Å². The highest BCUT2D eigenvalue weighted by molar-refractivity contribution is 9.10. The Morgan fingerprint density at radius 3 is 2.75 bits per heavy atom. The maximum absolute atomic E-state index is 13.2. The molecule has 5 heteroatoms. The lowest BCUT2D eigenvalue weighted by Crippen LogP contribution is -2.23. The van der Waals surface area contributed by atoms with Crippen LogP contribution in [0.2, 0.25) is 0 Å². The van der Waals surface area contributed by atoms with E-state index in [1.165, 1.54) is 12.1 Å². The van der Waals surface area contributed by atoms with Gasteiger partial charge in [0.05, 0.1) is 0 Å². The Hall–Kier alpha value is -1.88. The Morgan fingerprint density at radius 2 is 2.05 bits per heavy atom. The van der Waals surface area contributed by atoms with E-state index in [2.05, 4.69) is 21.2 Å². The van der Waals surface area contributed by atoms with Gasteiger partial charge in [-0.1, -0.05) is 15.9 Å². The summed E-state index contributed by atoms with van der Waals surface area (Å²) in [5, 5.41) is 2.75. The average molecular weight is 337 g/mol. The Morgan fingerprint density at radius 1 is 1.30 bits per heavy atom. The molecule has 0 fully saturated rings. The van der Waals surface area contributed by atoms with Crippen LogP contribution in [-0.2, 0) is 6.54 Å². The summed E-state index contributed by atoms with van der Waals surface area (Å²) in [5.41, 5.74) is 8.35. The monoisotopic (exact) mass is 336 g/mol. The Kier molecular flexibility index (Phi) is 4.39. The minimum Gasteiger partial charge on any atom is -0.399 e. The molecule has 0 spiro atoms. The van der Waals surface area contributed by atoms with Crippen LogP contribution < -0.4 is 11.1 Å². The molecular weight excluding hydrogens is 323 g/mol. The van der Waals surface area contributed by atoms with Crippen LogP contribution in [0.15, 0.2) is 40.9 Å². The highest BCUT2D eigenvalue weighted by Gasteiger charge is 2.08.